The molecule has 2 rings (SSSR count). The van der Waals surface area contributed by atoms with Crippen LogP contribution in [0.25, 0.3) is 0 Å². The Labute approximate surface area is 176 Å². The van der Waals surface area contributed by atoms with Gasteiger partial charge in [-0.2, -0.15) is 4.31 Å². The van der Waals surface area contributed by atoms with Crippen molar-refractivity contribution in [1.82, 2.24) is 4.31 Å². The van der Waals surface area contributed by atoms with Crippen LogP contribution in [-0.4, -0.2) is 31.7 Å². The summed E-state index contributed by atoms with van der Waals surface area (Å²) < 4.78 is 94.3. The predicted octanol–water partition coefficient (Wildman–Crippen LogP) is 4.21. The van der Waals surface area contributed by atoms with Crippen LogP contribution in [0.1, 0.15) is 30.5 Å². The van der Waals surface area contributed by atoms with E-state index in [4.69, 9.17) is 0 Å². The summed E-state index contributed by atoms with van der Waals surface area (Å²) in [5.74, 6) is -11.9. The summed E-state index contributed by atoms with van der Waals surface area (Å²) >= 11 is 0. The molecule has 0 heterocycles. The van der Waals surface area contributed by atoms with Gasteiger partial charge in [0.15, 0.2) is 23.3 Å². The average molecular weight is 464 g/mol. The summed E-state index contributed by atoms with van der Waals surface area (Å²) in [6, 6.07) is 2.61. The minimum atomic E-state index is -3.87. The van der Waals surface area contributed by atoms with E-state index in [0.717, 1.165) is 0 Å². The average Bonchev–Trinajstić information content (AvgIpc) is 2.72. The molecule has 0 atom stereocenters. The van der Waals surface area contributed by atoms with E-state index in [1.54, 1.807) is 27.7 Å². The number of anilines is 1. The number of amides is 1. The van der Waals surface area contributed by atoms with Crippen LogP contribution < -0.4 is 5.32 Å². The van der Waals surface area contributed by atoms with E-state index in [2.05, 4.69) is 5.32 Å². The number of benzene rings is 2. The molecule has 31 heavy (non-hydrogen) atoms. The van der Waals surface area contributed by atoms with Crippen LogP contribution in [-0.2, 0) is 21.2 Å². The largest absolute Gasteiger partial charge is 0.326 e. The van der Waals surface area contributed by atoms with Crippen molar-refractivity contribution in [3.63, 3.8) is 0 Å². The normalized spacial score (nSPS) is 11.8. The molecule has 0 radical (unpaired) electrons. The lowest BCUT2D eigenvalue weighted by Gasteiger charge is -2.20. The summed E-state index contributed by atoms with van der Waals surface area (Å²) in [5.41, 5.74) is -0.251. The van der Waals surface area contributed by atoms with Crippen molar-refractivity contribution >= 4 is 21.6 Å². The fraction of sp³-hybridized carbons (Fsp3) is 0.350. The van der Waals surface area contributed by atoms with Crippen LogP contribution in [0.15, 0.2) is 17.0 Å². The van der Waals surface area contributed by atoms with E-state index >= 15 is 0 Å². The van der Waals surface area contributed by atoms with Crippen LogP contribution in [0, 0.1) is 42.9 Å². The number of carbonyl (C=O) groups excluding carboxylic acids is 1. The molecule has 0 fully saturated rings. The smallest absolute Gasteiger partial charge is 0.243 e. The summed E-state index contributed by atoms with van der Waals surface area (Å²) in [6.45, 7) is 6.94. The number of hydrogen-bond donors (Lipinski definition) is 1. The van der Waals surface area contributed by atoms with E-state index in [-0.39, 0.29) is 23.7 Å². The Kier molecular flexibility index (Phi) is 7.43. The maximum Gasteiger partial charge on any atom is 0.243 e. The van der Waals surface area contributed by atoms with Gasteiger partial charge in [-0.05, 0) is 37.1 Å². The van der Waals surface area contributed by atoms with Gasteiger partial charge in [-0.1, -0.05) is 13.8 Å². The van der Waals surface area contributed by atoms with Gasteiger partial charge in [-0.25, -0.2) is 30.4 Å². The van der Waals surface area contributed by atoms with Gasteiger partial charge < -0.3 is 5.32 Å². The summed E-state index contributed by atoms with van der Waals surface area (Å²) in [6.07, 6.45) is -1.14. The molecule has 0 saturated carbocycles. The molecule has 170 valence electrons. The fourth-order valence-corrected chi connectivity index (χ4v) is 4.55. The van der Waals surface area contributed by atoms with Gasteiger partial charge >= 0.3 is 0 Å². The monoisotopic (exact) mass is 464 g/mol. The minimum absolute atomic E-state index is 0.0413. The third kappa shape index (κ3) is 4.72. The molecule has 1 N–H and O–H groups in total. The van der Waals surface area contributed by atoms with Crippen LogP contribution in [0.5, 0.6) is 0 Å². The lowest BCUT2D eigenvalue weighted by Crippen LogP contribution is -2.30. The van der Waals surface area contributed by atoms with Gasteiger partial charge in [0, 0.05) is 24.3 Å². The molecule has 2 aromatic rings. The molecule has 1 amide bonds. The Hall–Kier alpha value is -2.53. The Morgan fingerprint density at radius 1 is 0.903 bits per heavy atom. The van der Waals surface area contributed by atoms with Gasteiger partial charge in [0.2, 0.25) is 21.7 Å². The highest BCUT2D eigenvalue weighted by atomic mass is 32.2. The first-order chi connectivity index (χ1) is 14.4. The molecule has 0 bridgehead atoms. The first kappa shape index (κ1) is 24.7. The zero-order valence-electron chi connectivity index (χ0n) is 17.2. The quantitative estimate of drug-likeness (QED) is 0.379. The Morgan fingerprint density at radius 2 is 1.39 bits per heavy atom. The van der Waals surface area contributed by atoms with Gasteiger partial charge in [-0.15, -0.1) is 0 Å². The third-order valence-corrected chi connectivity index (χ3v) is 6.92. The number of hydrogen-bond acceptors (Lipinski definition) is 3. The third-order valence-electron chi connectivity index (χ3n) is 4.90. The molecule has 0 unspecified atom stereocenters. The zero-order valence-corrected chi connectivity index (χ0v) is 18.1. The lowest BCUT2D eigenvalue weighted by molar-refractivity contribution is -0.115. The van der Waals surface area contributed by atoms with Crippen molar-refractivity contribution in [2.75, 3.05) is 18.4 Å². The van der Waals surface area contributed by atoms with Gasteiger partial charge in [0.1, 0.15) is 0 Å². The molecule has 0 aliphatic rings. The molecular weight excluding hydrogens is 443 g/mol. The molecular formula is C20H21F5N2O3S. The molecule has 0 aliphatic heterocycles. The highest BCUT2D eigenvalue weighted by molar-refractivity contribution is 7.89. The number of halogens is 5. The van der Waals surface area contributed by atoms with Gasteiger partial charge in [-0.3, -0.25) is 4.79 Å². The van der Waals surface area contributed by atoms with Crippen LogP contribution in [0.4, 0.5) is 27.6 Å². The Morgan fingerprint density at radius 3 is 1.87 bits per heavy atom. The fourth-order valence-electron chi connectivity index (χ4n) is 2.98. The van der Waals surface area contributed by atoms with Crippen LogP contribution >= 0.6 is 0 Å². The van der Waals surface area contributed by atoms with Crippen molar-refractivity contribution in [3.05, 3.63) is 57.9 Å². The van der Waals surface area contributed by atoms with E-state index < -0.39 is 57.0 Å². The van der Waals surface area contributed by atoms with E-state index in [0.29, 0.717) is 11.1 Å². The number of aryl methyl sites for hydroxylation is 1. The van der Waals surface area contributed by atoms with Crippen molar-refractivity contribution in [2.45, 2.75) is 39.0 Å². The summed E-state index contributed by atoms with van der Waals surface area (Å²) in [5, 5.41) is 2.30. The molecule has 0 spiro atoms. The van der Waals surface area contributed by atoms with Crippen LogP contribution in [0.3, 0.4) is 0 Å². The van der Waals surface area contributed by atoms with Crippen LogP contribution in [0.2, 0.25) is 0 Å². The SMILES string of the molecule is CCN(CC)S(=O)(=O)c1cc(C)c(C)c(NC(=O)Cc2c(F)c(F)c(F)c(F)c2F)c1. The second-order valence-electron chi connectivity index (χ2n) is 6.78. The highest BCUT2D eigenvalue weighted by Crippen LogP contribution is 2.27. The standard InChI is InChI=1S/C20H21F5N2O3S/c1-5-27(6-2)31(29,30)12-7-10(3)11(4)14(8-12)26-15(28)9-13-16(21)18(23)20(25)19(24)17(13)22/h7-8H,5-6,9H2,1-4H3,(H,26,28). The zero-order chi connectivity index (χ0) is 23.7. The lowest BCUT2D eigenvalue weighted by atomic mass is 10.1. The van der Waals surface area contributed by atoms with Crippen molar-refractivity contribution < 1.29 is 35.2 Å². The van der Waals surface area contributed by atoms with Crippen molar-refractivity contribution in [1.29, 1.82) is 0 Å². The molecule has 0 saturated heterocycles. The second kappa shape index (κ2) is 9.31. The van der Waals surface area contributed by atoms with Gasteiger partial charge in [0.05, 0.1) is 11.3 Å². The number of rotatable bonds is 7. The van der Waals surface area contributed by atoms with E-state index in [1.807, 2.05) is 0 Å². The highest BCUT2D eigenvalue weighted by Gasteiger charge is 2.28. The summed E-state index contributed by atoms with van der Waals surface area (Å²) in [4.78, 5) is 12.2. The molecule has 5 nitrogen and oxygen atoms in total. The Bertz CT molecular complexity index is 1100. The maximum atomic E-state index is 13.8. The van der Waals surface area contributed by atoms with Crippen molar-refractivity contribution in [3.8, 4) is 0 Å². The number of nitrogens with zero attached hydrogens (tertiary/aromatic N) is 1. The molecule has 0 aromatic heterocycles. The molecule has 11 heteroatoms. The predicted molar refractivity (Wildman–Crippen MR) is 105 cm³/mol. The van der Waals surface area contributed by atoms with Gasteiger partial charge in [0.25, 0.3) is 0 Å². The Balaban J connectivity index is 2.42. The first-order valence-electron chi connectivity index (χ1n) is 9.28. The topological polar surface area (TPSA) is 66.5 Å². The van der Waals surface area contributed by atoms with Crippen molar-refractivity contribution in [2.24, 2.45) is 0 Å². The molecule has 2 aromatic carbocycles. The number of sulfonamides is 1. The van der Waals surface area contributed by atoms with E-state index in [9.17, 15) is 35.2 Å². The molecule has 0 aliphatic carbocycles. The minimum Gasteiger partial charge on any atom is -0.326 e. The van der Waals surface area contributed by atoms with E-state index in [1.165, 1.54) is 16.4 Å². The number of carbonyl (C=O) groups is 1. The summed E-state index contributed by atoms with van der Waals surface area (Å²) in [7, 11) is -3.87. The number of nitrogens with one attached hydrogen (secondary N) is 1. The first-order valence-corrected chi connectivity index (χ1v) is 10.7. The maximum absolute atomic E-state index is 13.8. The second-order valence-corrected chi connectivity index (χ2v) is 8.71.